The number of rotatable bonds is 6. The number of aliphatic hydroxyl groups is 1. The minimum absolute atomic E-state index is 0.0556. The summed E-state index contributed by atoms with van der Waals surface area (Å²) in [6.45, 7) is 0.0556. The second kappa shape index (κ2) is 7.27. The van der Waals surface area contributed by atoms with Crippen LogP contribution in [-0.2, 0) is 9.59 Å². The van der Waals surface area contributed by atoms with Crippen molar-refractivity contribution in [1.29, 1.82) is 0 Å². The molecule has 0 radical (unpaired) electrons. The van der Waals surface area contributed by atoms with Crippen molar-refractivity contribution < 1.29 is 24.2 Å². The van der Waals surface area contributed by atoms with Gasteiger partial charge in [-0.3, -0.25) is 4.79 Å². The lowest BCUT2D eigenvalue weighted by Gasteiger charge is -2.05. The molecule has 0 aliphatic heterocycles. The van der Waals surface area contributed by atoms with E-state index in [4.69, 9.17) is 10.2 Å². The number of halogens is 1. The van der Waals surface area contributed by atoms with Gasteiger partial charge in [0.05, 0.1) is 0 Å². The summed E-state index contributed by atoms with van der Waals surface area (Å²) in [7, 11) is 0. The second-order valence-electron chi connectivity index (χ2n) is 3.82. The van der Waals surface area contributed by atoms with E-state index in [0.29, 0.717) is 5.56 Å². The van der Waals surface area contributed by atoms with Crippen molar-refractivity contribution in [2.75, 3.05) is 6.54 Å². The molecule has 1 rings (SSSR count). The van der Waals surface area contributed by atoms with Crippen molar-refractivity contribution >= 4 is 18.0 Å². The molecule has 1 atom stereocenters. The molecule has 102 valence electrons. The van der Waals surface area contributed by atoms with E-state index < -0.39 is 18.0 Å². The third-order valence-electron chi connectivity index (χ3n) is 2.30. The number of hydrogen-bond acceptors (Lipinski definition) is 3. The van der Waals surface area contributed by atoms with Crippen LogP contribution in [0, 0.1) is 5.82 Å². The van der Waals surface area contributed by atoms with Crippen LogP contribution in [0.1, 0.15) is 12.0 Å². The van der Waals surface area contributed by atoms with Crippen LogP contribution in [0.15, 0.2) is 30.3 Å². The van der Waals surface area contributed by atoms with E-state index in [1.54, 1.807) is 0 Å². The number of hydrogen-bond donors (Lipinski definition) is 3. The van der Waals surface area contributed by atoms with Crippen molar-refractivity contribution in [3.8, 4) is 0 Å². The molecule has 0 saturated heterocycles. The Hall–Kier alpha value is -2.21. The van der Waals surface area contributed by atoms with E-state index in [1.165, 1.54) is 36.4 Å². The van der Waals surface area contributed by atoms with Crippen LogP contribution < -0.4 is 5.32 Å². The zero-order valence-electron chi connectivity index (χ0n) is 10.0. The maximum atomic E-state index is 12.6. The lowest BCUT2D eigenvalue weighted by molar-refractivity contribution is -0.147. The van der Waals surface area contributed by atoms with Gasteiger partial charge in [0.25, 0.3) is 0 Å². The van der Waals surface area contributed by atoms with Crippen LogP contribution in [0.25, 0.3) is 6.08 Å². The molecule has 5 nitrogen and oxygen atoms in total. The molecule has 1 aromatic carbocycles. The van der Waals surface area contributed by atoms with Gasteiger partial charge in [-0.05, 0) is 23.8 Å². The summed E-state index contributed by atoms with van der Waals surface area (Å²) in [6, 6.07) is 5.60. The molecule has 0 aliphatic carbocycles. The lowest BCUT2D eigenvalue weighted by atomic mass is 10.2. The fraction of sp³-hybridized carbons (Fsp3) is 0.231. The van der Waals surface area contributed by atoms with Gasteiger partial charge in [-0.1, -0.05) is 12.1 Å². The molecule has 6 heteroatoms. The number of nitrogens with one attached hydrogen (secondary N) is 1. The highest BCUT2D eigenvalue weighted by molar-refractivity contribution is 5.91. The molecule has 1 aromatic rings. The van der Waals surface area contributed by atoms with E-state index in [1.807, 2.05) is 0 Å². The van der Waals surface area contributed by atoms with Crippen LogP contribution in [-0.4, -0.2) is 34.7 Å². The van der Waals surface area contributed by atoms with E-state index in [0.717, 1.165) is 0 Å². The summed E-state index contributed by atoms with van der Waals surface area (Å²) in [5.74, 6) is -2.10. The predicted molar refractivity (Wildman–Crippen MR) is 66.7 cm³/mol. The number of carboxylic acids is 1. The van der Waals surface area contributed by atoms with Crippen molar-refractivity contribution in [3.05, 3.63) is 41.7 Å². The zero-order valence-corrected chi connectivity index (χ0v) is 10.0. The molecule has 0 saturated carbocycles. The number of carbonyl (C=O) groups excluding carboxylic acids is 1. The van der Waals surface area contributed by atoms with Gasteiger partial charge in [0.2, 0.25) is 5.91 Å². The number of carbonyl (C=O) groups is 2. The Morgan fingerprint density at radius 2 is 1.95 bits per heavy atom. The highest BCUT2D eigenvalue weighted by Crippen LogP contribution is 2.04. The van der Waals surface area contributed by atoms with Gasteiger partial charge >= 0.3 is 5.97 Å². The molecule has 0 bridgehead atoms. The minimum Gasteiger partial charge on any atom is -0.479 e. The first kappa shape index (κ1) is 14.8. The van der Waals surface area contributed by atoms with Crippen molar-refractivity contribution in [2.45, 2.75) is 12.5 Å². The molecular formula is C13H14FNO4. The average Bonchev–Trinajstić information content (AvgIpc) is 2.37. The molecule has 0 aliphatic rings. The van der Waals surface area contributed by atoms with Gasteiger partial charge in [-0.2, -0.15) is 0 Å². The SMILES string of the molecule is O=C(/C=C/c1ccc(F)cc1)NCCC(O)C(=O)O. The third kappa shape index (κ3) is 5.78. The highest BCUT2D eigenvalue weighted by Gasteiger charge is 2.12. The Labute approximate surface area is 109 Å². The van der Waals surface area contributed by atoms with Gasteiger partial charge in [0, 0.05) is 19.0 Å². The summed E-state index contributed by atoms with van der Waals surface area (Å²) in [6.07, 6.45) is 1.20. The topological polar surface area (TPSA) is 86.6 Å². The fourth-order valence-electron chi connectivity index (χ4n) is 1.26. The summed E-state index contributed by atoms with van der Waals surface area (Å²) in [5.41, 5.74) is 0.669. The van der Waals surface area contributed by atoms with Crippen molar-refractivity contribution in [3.63, 3.8) is 0 Å². The first-order valence-electron chi connectivity index (χ1n) is 5.61. The van der Waals surface area contributed by atoms with Crippen molar-refractivity contribution in [2.24, 2.45) is 0 Å². The monoisotopic (exact) mass is 267 g/mol. The second-order valence-corrected chi connectivity index (χ2v) is 3.82. The average molecular weight is 267 g/mol. The van der Waals surface area contributed by atoms with Crippen LogP contribution in [0.3, 0.4) is 0 Å². The van der Waals surface area contributed by atoms with E-state index in [-0.39, 0.29) is 18.8 Å². The van der Waals surface area contributed by atoms with Crippen LogP contribution >= 0.6 is 0 Å². The lowest BCUT2D eigenvalue weighted by Crippen LogP contribution is -2.28. The molecule has 0 heterocycles. The quantitative estimate of drug-likeness (QED) is 0.665. The molecule has 1 unspecified atom stereocenters. The molecule has 0 spiro atoms. The summed E-state index contributed by atoms with van der Waals surface area (Å²) in [5, 5.41) is 19.8. The van der Waals surface area contributed by atoms with Crippen LogP contribution in [0.2, 0.25) is 0 Å². The van der Waals surface area contributed by atoms with E-state index in [9.17, 15) is 14.0 Å². The summed E-state index contributed by atoms with van der Waals surface area (Å²) >= 11 is 0. The van der Waals surface area contributed by atoms with E-state index >= 15 is 0 Å². The van der Waals surface area contributed by atoms with Crippen molar-refractivity contribution in [1.82, 2.24) is 5.32 Å². The standard InChI is InChI=1S/C13H14FNO4/c14-10-4-1-9(2-5-10)3-6-12(17)15-8-7-11(16)13(18)19/h1-6,11,16H,7-8H2,(H,15,17)(H,18,19)/b6-3+. The fourth-order valence-corrected chi connectivity index (χ4v) is 1.26. The minimum atomic E-state index is -1.48. The molecule has 0 aromatic heterocycles. The van der Waals surface area contributed by atoms with Gasteiger partial charge in [0.1, 0.15) is 5.82 Å². The molecular weight excluding hydrogens is 253 g/mol. The van der Waals surface area contributed by atoms with Crippen LogP contribution in [0.4, 0.5) is 4.39 Å². The number of amides is 1. The maximum absolute atomic E-state index is 12.6. The summed E-state index contributed by atoms with van der Waals surface area (Å²) in [4.78, 5) is 21.6. The Bertz CT molecular complexity index is 470. The zero-order chi connectivity index (χ0) is 14.3. The smallest absolute Gasteiger partial charge is 0.332 e. The van der Waals surface area contributed by atoms with Gasteiger partial charge < -0.3 is 15.5 Å². The highest BCUT2D eigenvalue weighted by atomic mass is 19.1. The van der Waals surface area contributed by atoms with Gasteiger partial charge in [0.15, 0.2) is 6.10 Å². The molecule has 19 heavy (non-hydrogen) atoms. The molecule has 1 amide bonds. The number of aliphatic hydroxyl groups excluding tert-OH is 1. The number of aliphatic carboxylic acids is 1. The van der Waals surface area contributed by atoms with E-state index in [2.05, 4.69) is 5.32 Å². The first-order chi connectivity index (χ1) is 8.99. The normalized spacial score (nSPS) is 12.3. The largest absolute Gasteiger partial charge is 0.479 e. The maximum Gasteiger partial charge on any atom is 0.332 e. The van der Waals surface area contributed by atoms with Crippen LogP contribution in [0.5, 0.6) is 0 Å². The van der Waals surface area contributed by atoms with Gasteiger partial charge in [-0.25, -0.2) is 9.18 Å². The third-order valence-corrected chi connectivity index (χ3v) is 2.30. The Kier molecular flexibility index (Phi) is 5.69. The first-order valence-corrected chi connectivity index (χ1v) is 5.61. The Morgan fingerprint density at radius 1 is 1.32 bits per heavy atom. The number of benzene rings is 1. The number of carboxylic acid groups (broad SMARTS) is 1. The predicted octanol–water partition coefficient (Wildman–Crippen LogP) is 0.791. The molecule has 3 N–H and O–H groups in total. The van der Waals surface area contributed by atoms with Gasteiger partial charge in [-0.15, -0.1) is 0 Å². The summed E-state index contributed by atoms with van der Waals surface area (Å²) < 4.78 is 12.6. The Morgan fingerprint density at radius 3 is 2.53 bits per heavy atom. The molecule has 0 fully saturated rings. The Balaban J connectivity index is 2.35.